The lowest BCUT2D eigenvalue weighted by atomic mass is 10.0. The van der Waals surface area contributed by atoms with E-state index in [0.29, 0.717) is 4.99 Å². The van der Waals surface area contributed by atoms with Crippen LogP contribution in [-0.2, 0) is 4.79 Å². The summed E-state index contributed by atoms with van der Waals surface area (Å²) in [6.07, 6.45) is 4.96. The molecule has 4 nitrogen and oxygen atoms in total. The molecule has 5 heteroatoms. The number of hydrogen-bond donors (Lipinski definition) is 2. The zero-order chi connectivity index (χ0) is 12.5. The van der Waals surface area contributed by atoms with E-state index >= 15 is 0 Å². The highest BCUT2D eigenvalue weighted by Crippen LogP contribution is 2.46. The summed E-state index contributed by atoms with van der Waals surface area (Å²) in [5, 5.41) is 2.93. The van der Waals surface area contributed by atoms with Crippen LogP contribution in [0.25, 0.3) is 0 Å². The lowest BCUT2D eigenvalue weighted by Gasteiger charge is -2.18. The van der Waals surface area contributed by atoms with Crippen LogP contribution in [0, 0.1) is 5.41 Å². The molecule has 1 aliphatic carbocycles. The van der Waals surface area contributed by atoms with Crippen molar-refractivity contribution in [3.8, 4) is 0 Å². The number of nitrogens with one attached hydrogen (secondary N) is 1. The van der Waals surface area contributed by atoms with Gasteiger partial charge in [-0.3, -0.25) is 9.78 Å². The Bertz CT molecular complexity index is 442. The van der Waals surface area contributed by atoms with Gasteiger partial charge < -0.3 is 11.1 Å². The van der Waals surface area contributed by atoms with Crippen molar-refractivity contribution in [1.82, 2.24) is 10.3 Å². The monoisotopic (exact) mass is 249 g/mol. The second kappa shape index (κ2) is 4.41. The van der Waals surface area contributed by atoms with E-state index in [2.05, 4.69) is 10.3 Å². The highest BCUT2D eigenvalue weighted by Gasteiger charge is 2.52. The highest BCUT2D eigenvalue weighted by atomic mass is 32.1. The molecule has 2 rings (SSSR count). The van der Waals surface area contributed by atoms with Crippen LogP contribution in [0.2, 0.25) is 0 Å². The van der Waals surface area contributed by atoms with Gasteiger partial charge in [0.05, 0.1) is 16.4 Å². The SMILES string of the molecule is CC(NC(=O)C1(C(N)=S)CC1)c1cccnc1. The molecule has 1 unspecified atom stereocenters. The van der Waals surface area contributed by atoms with Crippen molar-refractivity contribution >= 4 is 23.1 Å². The zero-order valence-corrected chi connectivity index (χ0v) is 10.5. The molecule has 3 N–H and O–H groups in total. The molecule has 1 aromatic rings. The minimum atomic E-state index is -0.591. The Morgan fingerprint density at radius 2 is 2.35 bits per heavy atom. The van der Waals surface area contributed by atoms with E-state index in [0.717, 1.165) is 18.4 Å². The van der Waals surface area contributed by atoms with E-state index in [9.17, 15) is 4.79 Å². The maximum absolute atomic E-state index is 12.1. The molecule has 1 heterocycles. The van der Waals surface area contributed by atoms with E-state index in [1.54, 1.807) is 12.4 Å². The third-order valence-corrected chi connectivity index (χ3v) is 3.58. The van der Waals surface area contributed by atoms with Crippen LogP contribution in [0.15, 0.2) is 24.5 Å². The summed E-state index contributed by atoms with van der Waals surface area (Å²) >= 11 is 4.94. The standard InChI is InChI=1S/C12H15N3OS/c1-8(9-3-2-6-14-7-9)15-11(16)12(4-5-12)10(13)17/h2-3,6-8H,4-5H2,1H3,(H2,13,17)(H,15,16). The molecule has 1 aliphatic rings. The molecule has 1 atom stereocenters. The first-order valence-electron chi connectivity index (χ1n) is 5.57. The van der Waals surface area contributed by atoms with Crippen molar-refractivity contribution < 1.29 is 4.79 Å². The molecule has 0 saturated heterocycles. The number of aromatic nitrogens is 1. The third kappa shape index (κ3) is 2.29. The van der Waals surface area contributed by atoms with E-state index < -0.39 is 5.41 Å². The smallest absolute Gasteiger partial charge is 0.233 e. The van der Waals surface area contributed by atoms with Crippen molar-refractivity contribution in [2.75, 3.05) is 0 Å². The lowest BCUT2D eigenvalue weighted by molar-refractivity contribution is -0.124. The second-order valence-corrected chi connectivity index (χ2v) is 4.87. The Morgan fingerprint density at radius 1 is 1.65 bits per heavy atom. The summed E-state index contributed by atoms with van der Waals surface area (Å²) in [5.41, 5.74) is 5.99. The zero-order valence-electron chi connectivity index (χ0n) is 9.64. The maximum Gasteiger partial charge on any atom is 0.233 e. The van der Waals surface area contributed by atoms with Crippen molar-refractivity contribution in [3.63, 3.8) is 0 Å². The van der Waals surface area contributed by atoms with Crippen LogP contribution < -0.4 is 11.1 Å². The van der Waals surface area contributed by atoms with Crippen molar-refractivity contribution in [2.24, 2.45) is 11.1 Å². The molecule has 0 aromatic carbocycles. The van der Waals surface area contributed by atoms with E-state index in [4.69, 9.17) is 18.0 Å². The number of nitrogens with zero attached hydrogens (tertiary/aromatic N) is 1. The van der Waals surface area contributed by atoms with E-state index in [1.165, 1.54) is 0 Å². The predicted octanol–water partition coefficient (Wildman–Crippen LogP) is 1.33. The van der Waals surface area contributed by atoms with Crippen molar-refractivity contribution in [2.45, 2.75) is 25.8 Å². The summed E-state index contributed by atoms with van der Waals surface area (Å²) in [6, 6.07) is 3.69. The molecule has 1 fully saturated rings. The van der Waals surface area contributed by atoms with Gasteiger partial charge in [-0.1, -0.05) is 18.3 Å². The van der Waals surface area contributed by atoms with Gasteiger partial charge in [0.25, 0.3) is 0 Å². The Balaban J connectivity index is 2.03. The molecular weight excluding hydrogens is 234 g/mol. The van der Waals surface area contributed by atoms with Gasteiger partial charge >= 0.3 is 0 Å². The molecule has 1 amide bonds. The van der Waals surface area contributed by atoms with Gasteiger partial charge in [0, 0.05) is 12.4 Å². The fraction of sp³-hybridized carbons (Fsp3) is 0.417. The van der Waals surface area contributed by atoms with Gasteiger partial charge in [-0.2, -0.15) is 0 Å². The van der Waals surface area contributed by atoms with Gasteiger partial charge in [-0.05, 0) is 31.4 Å². The molecule has 17 heavy (non-hydrogen) atoms. The Hall–Kier alpha value is -1.49. The first-order valence-corrected chi connectivity index (χ1v) is 5.98. The first-order chi connectivity index (χ1) is 8.06. The first kappa shape index (κ1) is 12.0. The average molecular weight is 249 g/mol. The fourth-order valence-electron chi connectivity index (χ4n) is 1.76. The summed E-state index contributed by atoms with van der Waals surface area (Å²) in [4.78, 5) is 16.4. The Morgan fingerprint density at radius 3 is 2.82 bits per heavy atom. The van der Waals surface area contributed by atoms with Crippen LogP contribution in [0.4, 0.5) is 0 Å². The van der Waals surface area contributed by atoms with Crippen molar-refractivity contribution in [3.05, 3.63) is 30.1 Å². The highest BCUT2D eigenvalue weighted by molar-refractivity contribution is 7.80. The number of thiocarbonyl (C=S) groups is 1. The number of rotatable bonds is 4. The molecule has 0 radical (unpaired) electrons. The predicted molar refractivity (Wildman–Crippen MR) is 69.2 cm³/mol. The third-order valence-electron chi connectivity index (χ3n) is 3.19. The molecule has 1 aromatic heterocycles. The topological polar surface area (TPSA) is 68.0 Å². The van der Waals surface area contributed by atoms with Crippen LogP contribution in [-0.4, -0.2) is 15.9 Å². The number of nitrogens with two attached hydrogens (primary N) is 1. The quantitative estimate of drug-likeness (QED) is 0.790. The number of pyridine rings is 1. The molecular formula is C12H15N3OS. The van der Waals surface area contributed by atoms with Gasteiger partial charge in [-0.15, -0.1) is 0 Å². The van der Waals surface area contributed by atoms with E-state index in [1.807, 2.05) is 19.1 Å². The maximum atomic E-state index is 12.1. The van der Waals surface area contributed by atoms with Crippen LogP contribution in [0.3, 0.4) is 0 Å². The van der Waals surface area contributed by atoms with Crippen molar-refractivity contribution in [1.29, 1.82) is 0 Å². The normalized spacial score (nSPS) is 18.2. The molecule has 0 aliphatic heterocycles. The summed E-state index contributed by atoms with van der Waals surface area (Å²) < 4.78 is 0. The average Bonchev–Trinajstić information content (AvgIpc) is 3.11. The van der Waals surface area contributed by atoms with Gasteiger partial charge in [0.1, 0.15) is 0 Å². The summed E-state index contributed by atoms with van der Waals surface area (Å²) in [6.45, 7) is 1.92. The summed E-state index contributed by atoms with van der Waals surface area (Å²) in [5.74, 6) is -0.0682. The summed E-state index contributed by atoms with van der Waals surface area (Å²) in [7, 11) is 0. The largest absolute Gasteiger partial charge is 0.392 e. The number of carbonyl (C=O) groups excluding carboxylic acids is 1. The second-order valence-electron chi connectivity index (χ2n) is 4.43. The molecule has 0 bridgehead atoms. The lowest BCUT2D eigenvalue weighted by Crippen LogP contribution is -2.40. The van der Waals surface area contributed by atoms with Gasteiger partial charge in [0.15, 0.2) is 0 Å². The van der Waals surface area contributed by atoms with Crippen LogP contribution >= 0.6 is 12.2 Å². The van der Waals surface area contributed by atoms with Gasteiger partial charge in [-0.25, -0.2) is 0 Å². The number of amides is 1. The van der Waals surface area contributed by atoms with E-state index in [-0.39, 0.29) is 11.9 Å². The number of carbonyl (C=O) groups is 1. The van der Waals surface area contributed by atoms with Gasteiger partial charge in [0.2, 0.25) is 5.91 Å². The Kier molecular flexibility index (Phi) is 3.11. The minimum Gasteiger partial charge on any atom is -0.392 e. The molecule has 1 saturated carbocycles. The van der Waals surface area contributed by atoms with Crippen LogP contribution in [0.5, 0.6) is 0 Å². The molecule has 90 valence electrons. The van der Waals surface area contributed by atoms with Crippen LogP contribution in [0.1, 0.15) is 31.4 Å². The minimum absolute atomic E-state index is 0.0682. The number of hydrogen-bond acceptors (Lipinski definition) is 3. The Labute approximate surface area is 106 Å². The fourth-order valence-corrected chi connectivity index (χ4v) is 2.06. The molecule has 0 spiro atoms.